The first kappa shape index (κ1) is 73.4. The number of nitrogens with one attached hydrogen (secondary N) is 5. The lowest BCUT2D eigenvalue weighted by atomic mass is 9.70. The molecule has 496 valence electrons. The van der Waals surface area contributed by atoms with Crippen molar-refractivity contribution in [3.05, 3.63) is 120 Å². The molecule has 5 amide bonds. The molecule has 1 aliphatic carbocycles. The number of benzene rings is 4. The number of ketones is 1. The Hall–Kier alpha value is -6.62. The highest BCUT2D eigenvalue weighted by Crippen LogP contribution is 2.39. The van der Waals surface area contributed by atoms with E-state index in [9.17, 15) is 74.1 Å². The van der Waals surface area contributed by atoms with E-state index in [-0.39, 0.29) is 44.2 Å². The number of aliphatic hydroxyl groups excluding tert-OH is 6. The van der Waals surface area contributed by atoms with Gasteiger partial charge in [0.25, 0.3) is 11.8 Å². The zero-order valence-electron chi connectivity index (χ0n) is 51.3. The van der Waals surface area contributed by atoms with Crippen LogP contribution in [0.25, 0.3) is 22.3 Å². The first-order chi connectivity index (χ1) is 43.6. The van der Waals surface area contributed by atoms with Crippen LogP contribution < -0.4 is 26.6 Å². The highest BCUT2D eigenvalue weighted by atomic mass is 32.2. The number of hydrogen-bond donors (Lipinski definition) is 12. The van der Waals surface area contributed by atoms with E-state index in [1.807, 2.05) is 60.7 Å². The van der Waals surface area contributed by atoms with Crippen LogP contribution in [0.4, 0.5) is 0 Å². The Morgan fingerprint density at radius 2 is 1.04 bits per heavy atom. The van der Waals surface area contributed by atoms with Gasteiger partial charge in [0, 0.05) is 95.0 Å². The minimum Gasteiger partial charge on any atom is -0.479 e. The molecule has 4 aromatic rings. The van der Waals surface area contributed by atoms with Gasteiger partial charge in [-0.05, 0) is 102 Å². The van der Waals surface area contributed by atoms with E-state index >= 15 is 0 Å². The number of carboxylic acid groups (broad SMARTS) is 1. The summed E-state index contributed by atoms with van der Waals surface area (Å²) in [6, 6.07) is 30.4. The third-order valence-electron chi connectivity index (χ3n) is 15.9. The van der Waals surface area contributed by atoms with Gasteiger partial charge >= 0.3 is 5.97 Å². The largest absolute Gasteiger partial charge is 0.479 e. The second kappa shape index (κ2) is 37.2. The molecule has 0 bridgehead atoms. The third-order valence-corrected chi connectivity index (χ3v) is 18.1. The minimum atomic E-state index is -2.02. The molecule has 91 heavy (non-hydrogen) atoms. The summed E-state index contributed by atoms with van der Waals surface area (Å²) in [6.45, 7) is 1.96. The fourth-order valence-electron chi connectivity index (χ4n) is 11.1. The maximum absolute atomic E-state index is 13.0. The van der Waals surface area contributed by atoms with Gasteiger partial charge in [0.15, 0.2) is 11.9 Å². The van der Waals surface area contributed by atoms with Crippen LogP contribution in [-0.4, -0.2) is 205 Å². The molecule has 12 atom stereocenters. The summed E-state index contributed by atoms with van der Waals surface area (Å²) < 4.78 is 17.8. The summed E-state index contributed by atoms with van der Waals surface area (Å²) >= 11 is 3.09. The van der Waals surface area contributed by atoms with Crippen molar-refractivity contribution >= 4 is 71.1 Å². The molecule has 0 spiro atoms. The topological polar surface area (TPSA) is 366 Å². The molecular formula is C66H87N5O18S2. The molecule has 0 radical (unpaired) electrons. The number of aliphatic carboxylic acids is 1. The maximum Gasteiger partial charge on any atom is 0.336 e. The highest BCUT2D eigenvalue weighted by molar-refractivity contribution is 7.99. The lowest BCUT2D eigenvalue weighted by molar-refractivity contribution is -0.296. The van der Waals surface area contributed by atoms with Gasteiger partial charge in [-0.15, -0.1) is 0 Å². The van der Waals surface area contributed by atoms with Gasteiger partial charge in [-0.2, -0.15) is 23.5 Å². The summed E-state index contributed by atoms with van der Waals surface area (Å²) in [7, 11) is 0. The number of unbranched alkanes of at least 4 members (excludes halogenated alkanes) is 1. The number of carbonyl (C=O) groups excluding carboxylic acids is 7. The standard InChI is InChI=1S/C66H87N5O18S2/c1-42(73)70-57-51(59(81)54(78)39-68-62(83)48-25-21-46(22-26-48)44-14-5-3-6-15-44)36-65(64(85)86,37-52(57)76)87-30-12-33-90-32-11-19-50(75)18-9-10-20-56(80)67-29-35-91-34-13-31-88-66(41-72)38-53(77)58(71-43(2)74)61(89-66)60(82)55(79)40-69-63(84)49-27-23-47(24-28-49)45-16-7-4-8-17-45/h3-8,14-17,21-28,41,51-55,57-61,76-79,81-82H,9-13,18-20,29-40H2,1-2H3,(H,67,80)(H,68,83)(H,69,84)(H,70,73)(H,71,74)(H,85,86)/t51-,52+,53+,54-,55-,57+,58-,59+,60-,61-,65+,66-/m1/s1. The van der Waals surface area contributed by atoms with Gasteiger partial charge in [0.1, 0.15) is 18.0 Å². The first-order valence-corrected chi connectivity index (χ1v) is 33.0. The van der Waals surface area contributed by atoms with Crippen LogP contribution in [0.15, 0.2) is 109 Å². The highest BCUT2D eigenvalue weighted by Gasteiger charge is 2.55. The zero-order valence-corrected chi connectivity index (χ0v) is 53.0. The molecule has 0 aromatic heterocycles. The Bertz CT molecular complexity index is 2970. The molecule has 2 fully saturated rings. The van der Waals surface area contributed by atoms with Crippen LogP contribution in [0.3, 0.4) is 0 Å². The molecule has 1 aliphatic heterocycles. The summed E-state index contributed by atoms with van der Waals surface area (Å²) in [5.74, 6) is -4.40. The van der Waals surface area contributed by atoms with Crippen molar-refractivity contribution in [3.8, 4) is 22.3 Å². The number of aldehydes is 1. The molecule has 23 nitrogen and oxygen atoms in total. The molecule has 1 heterocycles. The predicted octanol–water partition coefficient (Wildman–Crippen LogP) is 3.58. The lowest BCUT2D eigenvalue weighted by Gasteiger charge is -2.46. The SMILES string of the molecule is CC(=O)N[C@H]1[C@H]([C@H](O)[C@H](O)CNC(=O)c2ccc(-c3ccccc3)cc2)C[C@@](OCCCSCCCC(=O)CCCCC(=O)NCCSCCCO[C@]2(C=O)C[C@H](O)[C@@H](NC(C)=O)[C@H]([C@H](O)[C@H](O)CNC(=O)c3ccc(-c4ccccc4)cc3)O2)(C(=O)O)C[C@@H]1O. The Kier molecular flexibility index (Phi) is 30.0. The molecule has 4 aromatic carbocycles. The number of amides is 5. The average molecular weight is 1300 g/mol. The van der Waals surface area contributed by atoms with Gasteiger partial charge in [0.2, 0.25) is 23.5 Å². The van der Waals surface area contributed by atoms with Crippen molar-refractivity contribution in [2.45, 2.75) is 151 Å². The van der Waals surface area contributed by atoms with E-state index < -0.39 is 121 Å². The fraction of sp³-hybridized carbons (Fsp3) is 0.515. The van der Waals surface area contributed by atoms with Crippen molar-refractivity contribution < 1.29 is 88.3 Å². The van der Waals surface area contributed by atoms with Crippen molar-refractivity contribution in [2.75, 3.05) is 55.9 Å². The van der Waals surface area contributed by atoms with E-state index in [4.69, 9.17) is 14.2 Å². The predicted molar refractivity (Wildman–Crippen MR) is 343 cm³/mol. The molecule has 2 aliphatic rings. The van der Waals surface area contributed by atoms with Crippen LogP contribution in [-0.2, 0) is 43.0 Å². The fourth-order valence-corrected chi connectivity index (χ4v) is 12.7. The van der Waals surface area contributed by atoms with Gasteiger partial charge in [-0.1, -0.05) is 84.9 Å². The van der Waals surface area contributed by atoms with Crippen molar-refractivity contribution in [1.29, 1.82) is 0 Å². The Morgan fingerprint density at radius 3 is 1.58 bits per heavy atom. The first-order valence-electron chi connectivity index (χ1n) is 30.7. The second-order valence-electron chi connectivity index (χ2n) is 22.9. The number of carbonyl (C=O) groups is 8. The van der Waals surface area contributed by atoms with Crippen molar-refractivity contribution in [3.63, 3.8) is 0 Å². The molecule has 1 saturated heterocycles. The molecule has 12 N–H and O–H groups in total. The van der Waals surface area contributed by atoms with E-state index in [1.165, 1.54) is 25.6 Å². The molecular weight excluding hydrogens is 1210 g/mol. The molecule has 0 unspecified atom stereocenters. The van der Waals surface area contributed by atoms with Gasteiger partial charge in [0.05, 0.1) is 49.2 Å². The third kappa shape index (κ3) is 22.9. The van der Waals surface area contributed by atoms with Crippen LogP contribution in [0.5, 0.6) is 0 Å². The maximum atomic E-state index is 13.0. The second-order valence-corrected chi connectivity index (χ2v) is 25.4. The van der Waals surface area contributed by atoms with E-state index in [1.54, 1.807) is 60.3 Å². The summed E-state index contributed by atoms with van der Waals surface area (Å²) in [4.78, 5) is 101. The molecule has 6 rings (SSSR count). The smallest absolute Gasteiger partial charge is 0.336 e. The summed E-state index contributed by atoms with van der Waals surface area (Å²) in [6.07, 6.45) is -8.38. The van der Waals surface area contributed by atoms with E-state index in [2.05, 4.69) is 26.6 Å². The van der Waals surface area contributed by atoms with E-state index in [0.29, 0.717) is 91.9 Å². The number of thioether (sulfide) groups is 2. The van der Waals surface area contributed by atoms with E-state index in [0.717, 1.165) is 22.3 Å². The van der Waals surface area contributed by atoms with Crippen molar-refractivity contribution in [2.24, 2.45) is 5.92 Å². The van der Waals surface area contributed by atoms with Crippen LogP contribution in [0.1, 0.15) is 105 Å². The average Bonchev–Trinajstić information content (AvgIpc) is 1.19. The zero-order chi connectivity index (χ0) is 65.9. The number of ether oxygens (including phenoxy) is 3. The van der Waals surface area contributed by atoms with Gasteiger partial charge in [-0.25, -0.2) is 4.79 Å². The van der Waals surface area contributed by atoms with Crippen LogP contribution in [0, 0.1) is 5.92 Å². The Morgan fingerprint density at radius 1 is 0.571 bits per heavy atom. The molecule has 1 saturated carbocycles. The van der Waals surface area contributed by atoms with Crippen LogP contribution >= 0.6 is 23.5 Å². The number of rotatable bonds is 38. The summed E-state index contributed by atoms with van der Waals surface area (Å²) in [5.41, 5.74) is 2.39. The quantitative estimate of drug-likeness (QED) is 0.0225. The monoisotopic (exact) mass is 1300 g/mol. The molecule has 25 heteroatoms. The van der Waals surface area contributed by atoms with Gasteiger partial charge < -0.3 is 76.5 Å². The Labute approximate surface area is 538 Å². The van der Waals surface area contributed by atoms with Crippen LogP contribution in [0.2, 0.25) is 0 Å². The van der Waals surface area contributed by atoms with Crippen molar-refractivity contribution in [1.82, 2.24) is 26.6 Å². The Balaban J connectivity index is 0.804. The van der Waals surface area contributed by atoms with Gasteiger partial charge in [-0.3, -0.25) is 33.6 Å². The number of Topliss-reactive ketones (excluding diaryl/α,β-unsaturated/α-hetero) is 1. The normalized spacial score (nSPS) is 22.7. The number of hydrogen-bond acceptors (Lipinski definition) is 19. The minimum absolute atomic E-state index is 0.00537. The number of aliphatic hydroxyl groups is 6. The lowest BCUT2D eigenvalue weighted by Crippen LogP contribution is -2.66. The summed E-state index contributed by atoms with van der Waals surface area (Å²) in [5, 5.41) is 90.6. The number of carboxylic acids is 1.